The number of aryl methyl sites for hydroxylation is 2. The van der Waals surface area contributed by atoms with Crippen molar-refractivity contribution < 1.29 is 13.2 Å². The number of carbonyl (C=O) groups excluding carboxylic acids is 1. The van der Waals surface area contributed by atoms with Gasteiger partial charge in [0.2, 0.25) is 15.9 Å². The van der Waals surface area contributed by atoms with Crippen molar-refractivity contribution in [2.24, 2.45) is 0 Å². The zero-order valence-corrected chi connectivity index (χ0v) is 20.1. The Morgan fingerprint density at radius 2 is 1.91 bits per heavy atom. The van der Waals surface area contributed by atoms with E-state index in [4.69, 9.17) is 23.2 Å². The Labute approximate surface area is 200 Å². The van der Waals surface area contributed by atoms with Crippen LogP contribution in [0.25, 0.3) is 0 Å². The quantitative estimate of drug-likeness (QED) is 0.481. The molecule has 0 aliphatic carbocycles. The van der Waals surface area contributed by atoms with Gasteiger partial charge in [-0.25, -0.2) is 17.8 Å². The van der Waals surface area contributed by atoms with E-state index in [0.29, 0.717) is 23.2 Å². The molecule has 2 N–H and O–H groups in total. The predicted octanol–water partition coefficient (Wildman–Crippen LogP) is 2.72. The van der Waals surface area contributed by atoms with E-state index in [1.807, 2.05) is 12.1 Å². The Bertz CT molecular complexity index is 1340. The second-order valence-corrected chi connectivity index (χ2v) is 9.74. The summed E-state index contributed by atoms with van der Waals surface area (Å²) in [4.78, 5) is 28.8. The van der Waals surface area contributed by atoms with Gasteiger partial charge in [-0.15, -0.1) is 0 Å². The molecule has 0 bridgehead atoms. The lowest BCUT2D eigenvalue weighted by atomic mass is 10.1. The minimum atomic E-state index is -3.84. The Morgan fingerprint density at radius 1 is 1.15 bits per heavy atom. The number of nitrogens with zero attached hydrogens (tertiary/aromatic N) is 3. The largest absolute Gasteiger partial charge is 0.324 e. The number of aromatic nitrogens is 3. The standard InChI is InChI=1S/C21H21Cl2N5O4S/c1-13-9-14(2)18(33(31,32)26-8-6-15-5-3-4-7-24-15)10-17(13)27-19(29)12-28-21(30)20(23)16(22)11-25-28/h3-5,7,9-11,26H,6,8,12H2,1-2H3,(H,27,29). The number of pyridine rings is 1. The maximum atomic E-state index is 12.9. The number of rotatable bonds is 8. The van der Waals surface area contributed by atoms with Gasteiger partial charge in [0, 0.05) is 30.5 Å². The van der Waals surface area contributed by atoms with E-state index in [9.17, 15) is 18.0 Å². The minimum absolute atomic E-state index is 0.0157. The summed E-state index contributed by atoms with van der Waals surface area (Å²) in [5.41, 5.74) is 1.53. The molecule has 0 spiro atoms. The summed E-state index contributed by atoms with van der Waals surface area (Å²) < 4.78 is 29.2. The molecule has 0 aliphatic rings. The third-order valence-electron chi connectivity index (χ3n) is 4.72. The zero-order valence-electron chi connectivity index (χ0n) is 17.8. The van der Waals surface area contributed by atoms with Crippen molar-refractivity contribution in [3.05, 3.63) is 79.9 Å². The van der Waals surface area contributed by atoms with E-state index in [0.717, 1.165) is 16.6 Å². The highest BCUT2D eigenvalue weighted by Gasteiger charge is 2.20. The van der Waals surface area contributed by atoms with E-state index in [2.05, 4.69) is 20.1 Å². The van der Waals surface area contributed by atoms with E-state index in [1.54, 1.807) is 32.2 Å². The highest BCUT2D eigenvalue weighted by atomic mass is 35.5. The summed E-state index contributed by atoms with van der Waals surface area (Å²) in [5.74, 6) is -0.582. The van der Waals surface area contributed by atoms with E-state index < -0.39 is 28.0 Å². The Kier molecular flexibility index (Phi) is 7.85. The van der Waals surface area contributed by atoms with Gasteiger partial charge in [-0.05, 0) is 43.2 Å². The lowest BCUT2D eigenvalue weighted by Crippen LogP contribution is -2.30. The third-order valence-corrected chi connectivity index (χ3v) is 7.07. The van der Waals surface area contributed by atoms with Gasteiger partial charge in [0.05, 0.1) is 16.1 Å². The lowest BCUT2D eigenvalue weighted by molar-refractivity contribution is -0.117. The van der Waals surface area contributed by atoms with Crippen molar-refractivity contribution in [2.45, 2.75) is 31.7 Å². The van der Waals surface area contributed by atoms with Crippen LogP contribution in [0.4, 0.5) is 5.69 Å². The molecule has 9 nitrogen and oxygen atoms in total. The molecule has 3 aromatic rings. The first-order valence-corrected chi connectivity index (χ1v) is 12.0. The van der Waals surface area contributed by atoms with Crippen molar-refractivity contribution in [3.8, 4) is 0 Å². The molecule has 0 atom stereocenters. The monoisotopic (exact) mass is 509 g/mol. The molecule has 12 heteroatoms. The summed E-state index contributed by atoms with van der Waals surface area (Å²) in [7, 11) is -3.84. The van der Waals surface area contributed by atoms with Crippen LogP contribution in [0.2, 0.25) is 10.0 Å². The molecule has 174 valence electrons. The minimum Gasteiger partial charge on any atom is -0.324 e. The van der Waals surface area contributed by atoms with Crippen molar-refractivity contribution in [3.63, 3.8) is 0 Å². The SMILES string of the molecule is Cc1cc(C)c(S(=O)(=O)NCCc2ccccn2)cc1NC(=O)Cn1ncc(Cl)c(Cl)c1=O. The van der Waals surface area contributed by atoms with Gasteiger partial charge in [-0.2, -0.15) is 5.10 Å². The van der Waals surface area contributed by atoms with E-state index in [1.165, 1.54) is 6.07 Å². The molecule has 2 aromatic heterocycles. The molecule has 0 radical (unpaired) electrons. The number of nitrogens with one attached hydrogen (secondary N) is 2. The molecule has 0 saturated carbocycles. The highest BCUT2D eigenvalue weighted by Crippen LogP contribution is 2.24. The highest BCUT2D eigenvalue weighted by molar-refractivity contribution is 7.89. The van der Waals surface area contributed by atoms with Gasteiger partial charge < -0.3 is 5.32 Å². The fraction of sp³-hybridized carbons (Fsp3) is 0.238. The number of anilines is 1. The van der Waals surface area contributed by atoms with Crippen molar-refractivity contribution in [2.75, 3.05) is 11.9 Å². The van der Waals surface area contributed by atoms with Crippen LogP contribution in [0.1, 0.15) is 16.8 Å². The molecular formula is C21H21Cl2N5O4S. The average Bonchev–Trinajstić information content (AvgIpc) is 2.76. The topological polar surface area (TPSA) is 123 Å². The van der Waals surface area contributed by atoms with Crippen LogP contribution < -0.4 is 15.6 Å². The normalized spacial score (nSPS) is 11.4. The van der Waals surface area contributed by atoms with Crippen molar-refractivity contribution in [1.82, 2.24) is 19.5 Å². The van der Waals surface area contributed by atoms with Crippen LogP contribution in [0.5, 0.6) is 0 Å². The molecule has 2 heterocycles. The first-order valence-electron chi connectivity index (χ1n) is 9.80. The van der Waals surface area contributed by atoms with Crippen LogP contribution in [0.3, 0.4) is 0 Å². The van der Waals surface area contributed by atoms with Crippen LogP contribution in [-0.4, -0.2) is 35.6 Å². The molecule has 33 heavy (non-hydrogen) atoms. The second kappa shape index (κ2) is 10.4. The second-order valence-electron chi connectivity index (χ2n) is 7.22. The number of hydrogen-bond acceptors (Lipinski definition) is 6. The molecule has 3 rings (SSSR count). The third kappa shape index (κ3) is 6.17. The lowest BCUT2D eigenvalue weighted by Gasteiger charge is -2.15. The number of benzene rings is 1. The number of hydrogen-bond donors (Lipinski definition) is 2. The maximum Gasteiger partial charge on any atom is 0.287 e. The Hall–Kier alpha value is -2.79. The summed E-state index contributed by atoms with van der Waals surface area (Å²) in [6.45, 7) is 3.15. The molecular weight excluding hydrogens is 489 g/mol. The number of carbonyl (C=O) groups is 1. The molecule has 0 unspecified atom stereocenters. The summed E-state index contributed by atoms with van der Waals surface area (Å²) >= 11 is 11.6. The number of halogens is 2. The van der Waals surface area contributed by atoms with Crippen LogP contribution >= 0.6 is 23.2 Å². The van der Waals surface area contributed by atoms with Gasteiger partial charge in [-0.3, -0.25) is 14.6 Å². The Balaban J connectivity index is 1.75. The van der Waals surface area contributed by atoms with Gasteiger partial charge in [-0.1, -0.05) is 35.3 Å². The number of amides is 1. The summed E-state index contributed by atoms with van der Waals surface area (Å²) in [5, 5.41) is 6.16. The van der Waals surface area contributed by atoms with Gasteiger partial charge in [0.15, 0.2) is 0 Å². The number of sulfonamides is 1. The molecule has 1 aromatic carbocycles. The summed E-state index contributed by atoms with van der Waals surface area (Å²) in [6, 6.07) is 8.47. The van der Waals surface area contributed by atoms with Crippen LogP contribution in [0, 0.1) is 13.8 Å². The molecule has 0 fully saturated rings. The fourth-order valence-electron chi connectivity index (χ4n) is 3.08. The molecule has 0 saturated heterocycles. The Morgan fingerprint density at radius 3 is 2.61 bits per heavy atom. The van der Waals surface area contributed by atoms with E-state index >= 15 is 0 Å². The van der Waals surface area contributed by atoms with Gasteiger partial charge in [0.25, 0.3) is 5.56 Å². The average molecular weight is 510 g/mol. The summed E-state index contributed by atoms with van der Waals surface area (Å²) in [6.07, 6.45) is 3.24. The van der Waals surface area contributed by atoms with Crippen LogP contribution in [0.15, 0.2) is 52.4 Å². The maximum absolute atomic E-state index is 12.9. The fourth-order valence-corrected chi connectivity index (χ4v) is 4.63. The first-order chi connectivity index (χ1) is 15.6. The van der Waals surface area contributed by atoms with Crippen molar-refractivity contribution >= 4 is 44.8 Å². The molecule has 1 amide bonds. The first kappa shape index (κ1) is 24.8. The zero-order chi connectivity index (χ0) is 24.2. The smallest absolute Gasteiger partial charge is 0.287 e. The van der Waals surface area contributed by atoms with Crippen LogP contribution in [-0.2, 0) is 27.8 Å². The van der Waals surface area contributed by atoms with Gasteiger partial charge >= 0.3 is 0 Å². The molecule has 0 aliphatic heterocycles. The van der Waals surface area contributed by atoms with Crippen molar-refractivity contribution in [1.29, 1.82) is 0 Å². The predicted molar refractivity (Wildman–Crippen MR) is 126 cm³/mol. The van der Waals surface area contributed by atoms with E-state index in [-0.39, 0.29) is 21.5 Å². The van der Waals surface area contributed by atoms with Gasteiger partial charge in [0.1, 0.15) is 11.6 Å².